The van der Waals surface area contributed by atoms with Crippen molar-refractivity contribution in [2.24, 2.45) is 0 Å². The molecule has 0 aliphatic carbocycles. The van der Waals surface area contributed by atoms with Gasteiger partial charge >= 0.3 is 6.03 Å². The molecule has 0 saturated carbocycles. The van der Waals surface area contributed by atoms with Crippen LogP contribution in [-0.4, -0.2) is 48.4 Å². The number of thiophene rings is 1. The molecule has 0 unspecified atom stereocenters. The highest BCUT2D eigenvalue weighted by molar-refractivity contribution is 7.10. The summed E-state index contributed by atoms with van der Waals surface area (Å²) in [5.41, 5.74) is 0. The third-order valence-corrected chi connectivity index (χ3v) is 4.70. The van der Waals surface area contributed by atoms with Crippen LogP contribution in [0.1, 0.15) is 23.8 Å². The average molecular weight is 307 g/mol. The first-order chi connectivity index (χ1) is 10.0. The van der Waals surface area contributed by atoms with Gasteiger partial charge in [0.05, 0.1) is 12.1 Å². The quantitative estimate of drug-likeness (QED) is 0.867. The highest BCUT2D eigenvalue weighted by Gasteiger charge is 2.36. The summed E-state index contributed by atoms with van der Waals surface area (Å²) in [7, 11) is 3.54. The van der Waals surface area contributed by atoms with Gasteiger partial charge in [0.1, 0.15) is 0 Å². The molecule has 0 bridgehead atoms. The molecule has 1 N–H and O–H groups in total. The summed E-state index contributed by atoms with van der Waals surface area (Å²) in [6.07, 6.45) is 2.82. The maximum absolute atomic E-state index is 12.2. The number of hydrogen-bond donors (Lipinski definition) is 1. The molecule has 1 aromatic rings. The maximum Gasteiger partial charge on any atom is 0.317 e. The van der Waals surface area contributed by atoms with Crippen LogP contribution in [0.25, 0.3) is 0 Å². The lowest BCUT2D eigenvalue weighted by atomic mass is 9.95. The molecule has 0 spiro atoms. The van der Waals surface area contributed by atoms with Gasteiger partial charge in [-0.05, 0) is 17.9 Å². The Balaban J connectivity index is 2.14. The molecule has 3 amide bonds. The van der Waals surface area contributed by atoms with Crippen LogP contribution in [0.2, 0.25) is 0 Å². The standard InChI is InChI=1S/C15H21N3O2S/c1-4-9-17(2)15(20)16-11-7-8-13(19)18(3)14(11)12-6-5-10-21-12/h4-6,10-11,14H,1,7-9H2,2-3H3,(H,16,20)/t11-,14+/m0/s1. The molecule has 6 heteroatoms. The molecule has 2 heterocycles. The molecule has 21 heavy (non-hydrogen) atoms. The predicted octanol–water partition coefficient (Wildman–Crippen LogP) is 2.24. The second-order valence-corrected chi connectivity index (χ2v) is 6.21. The highest BCUT2D eigenvalue weighted by Crippen LogP contribution is 2.33. The SMILES string of the molecule is C=CCN(C)C(=O)N[C@H]1CCC(=O)N(C)[C@H]1c1cccs1. The summed E-state index contributed by atoms with van der Waals surface area (Å²) in [5.74, 6) is 0.123. The molecule has 1 fully saturated rings. The van der Waals surface area contributed by atoms with Gasteiger partial charge in [-0.25, -0.2) is 4.79 Å². The van der Waals surface area contributed by atoms with Gasteiger partial charge in [0.25, 0.3) is 0 Å². The van der Waals surface area contributed by atoms with Gasteiger partial charge in [-0.3, -0.25) is 4.79 Å². The van der Waals surface area contributed by atoms with Gasteiger partial charge in [0, 0.05) is 31.9 Å². The molecular weight excluding hydrogens is 286 g/mol. The first-order valence-electron chi connectivity index (χ1n) is 6.96. The van der Waals surface area contributed by atoms with E-state index in [1.54, 1.807) is 41.3 Å². The highest BCUT2D eigenvalue weighted by atomic mass is 32.1. The van der Waals surface area contributed by atoms with Crippen LogP contribution in [-0.2, 0) is 4.79 Å². The second kappa shape index (κ2) is 6.76. The smallest absolute Gasteiger partial charge is 0.317 e. The Kier molecular flexibility index (Phi) is 5.01. The van der Waals surface area contributed by atoms with Crippen molar-refractivity contribution in [3.05, 3.63) is 35.0 Å². The fraction of sp³-hybridized carbons (Fsp3) is 0.467. The minimum Gasteiger partial charge on any atom is -0.336 e. The molecule has 1 aromatic heterocycles. The van der Waals surface area contributed by atoms with Crippen molar-refractivity contribution in [1.29, 1.82) is 0 Å². The predicted molar refractivity (Wildman–Crippen MR) is 84.2 cm³/mol. The number of hydrogen-bond acceptors (Lipinski definition) is 3. The number of carbonyl (C=O) groups is 2. The molecule has 1 saturated heterocycles. The van der Waals surface area contributed by atoms with Crippen LogP contribution >= 0.6 is 11.3 Å². The maximum atomic E-state index is 12.2. The van der Waals surface area contributed by atoms with Crippen molar-refractivity contribution in [1.82, 2.24) is 15.1 Å². The molecule has 2 atom stereocenters. The number of likely N-dealkylation sites (tertiary alicyclic amines) is 1. The largest absolute Gasteiger partial charge is 0.336 e. The van der Waals surface area contributed by atoms with E-state index in [1.807, 2.05) is 17.5 Å². The van der Waals surface area contributed by atoms with Crippen molar-refractivity contribution >= 4 is 23.3 Å². The number of urea groups is 1. The molecule has 5 nitrogen and oxygen atoms in total. The number of amides is 3. The summed E-state index contributed by atoms with van der Waals surface area (Å²) in [4.78, 5) is 28.6. The third kappa shape index (κ3) is 3.44. The van der Waals surface area contributed by atoms with Crippen LogP contribution in [0, 0.1) is 0 Å². The summed E-state index contributed by atoms with van der Waals surface area (Å²) in [6.45, 7) is 4.13. The molecule has 2 rings (SSSR count). The van der Waals surface area contributed by atoms with Gasteiger partial charge < -0.3 is 15.1 Å². The Morgan fingerprint density at radius 2 is 2.43 bits per heavy atom. The van der Waals surface area contributed by atoms with Crippen molar-refractivity contribution in [2.45, 2.75) is 24.9 Å². The van der Waals surface area contributed by atoms with Crippen LogP contribution < -0.4 is 5.32 Å². The van der Waals surface area contributed by atoms with Gasteiger partial charge in [-0.2, -0.15) is 0 Å². The molecule has 0 radical (unpaired) electrons. The van der Waals surface area contributed by atoms with Crippen molar-refractivity contribution in [3.63, 3.8) is 0 Å². The minimum atomic E-state index is -0.135. The van der Waals surface area contributed by atoms with Gasteiger partial charge in [0.15, 0.2) is 0 Å². The van der Waals surface area contributed by atoms with E-state index in [4.69, 9.17) is 0 Å². The van der Waals surface area contributed by atoms with Gasteiger partial charge in [-0.15, -0.1) is 17.9 Å². The lowest BCUT2D eigenvalue weighted by molar-refractivity contribution is -0.135. The number of rotatable bonds is 4. The Morgan fingerprint density at radius 3 is 3.05 bits per heavy atom. The summed E-state index contributed by atoms with van der Waals surface area (Å²) >= 11 is 1.61. The Hall–Kier alpha value is -1.82. The van der Waals surface area contributed by atoms with Crippen molar-refractivity contribution in [2.75, 3.05) is 20.6 Å². The van der Waals surface area contributed by atoms with Crippen LogP contribution in [0.15, 0.2) is 30.2 Å². The Labute approximate surface area is 129 Å². The molecular formula is C15H21N3O2S. The summed E-state index contributed by atoms with van der Waals surface area (Å²) in [6, 6.07) is 3.69. The van der Waals surface area contributed by atoms with E-state index in [-0.39, 0.29) is 24.0 Å². The second-order valence-electron chi connectivity index (χ2n) is 5.23. The zero-order valence-corrected chi connectivity index (χ0v) is 13.2. The zero-order chi connectivity index (χ0) is 15.4. The molecule has 0 aromatic carbocycles. The Bertz CT molecular complexity index is 515. The monoisotopic (exact) mass is 307 g/mol. The number of carbonyl (C=O) groups excluding carboxylic acids is 2. The van der Waals surface area contributed by atoms with E-state index in [1.165, 1.54) is 0 Å². The molecule has 114 valence electrons. The number of nitrogens with zero attached hydrogens (tertiary/aromatic N) is 2. The van der Waals surface area contributed by atoms with Crippen LogP contribution in [0.4, 0.5) is 4.79 Å². The van der Waals surface area contributed by atoms with E-state index in [0.717, 1.165) is 4.88 Å². The van der Waals surface area contributed by atoms with E-state index >= 15 is 0 Å². The lowest BCUT2D eigenvalue weighted by Gasteiger charge is -2.39. The summed E-state index contributed by atoms with van der Waals surface area (Å²) < 4.78 is 0. The third-order valence-electron chi connectivity index (χ3n) is 3.75. The van der Waals surface area contributed by atoms with Gasteiger partial charge in [0.2, 0.25) is 5.91 Å². The minimum absolute atomic E-state index is 0.0638. The zero-order valence-electron chi connectivity index (χ0n) is 12.4. The number of piperidine rings is 1. The van der Waals surface area contributed by atoms with E-state index in [2.05, 4.69) is 11.9 Å². The van der Waals surface area contributed by atoms with Gasteiger partial charge in [-0.1, -0.05) is 12.1 Å². The molecule has 1 aliphatic rings. The average Bonchev–Trinajstić information content (AvgIpc) is 2.97. The summed E-state index contributed by atoms with van der Waals surface area (Å²) in [5, 5.41) is 5.04. The van der Waals surface area contributed by atoms with E-state index in [9.17, 15) is 9.59 Å². The van der Waals surface area contributed by atoms with E-state index in [0.29, 0.717) is 19.4 Å². The molecule has 1 aliphatic heterocycles. The first-order valence-corrected chi connectivity index (χ1v) is 7.84. The van der Waals surface area contributed by atoms with Crippen molar-refractivity contribution in [3.8, 4) is 0 Å². The fourth-order valence-electron chi connectivity index (χ4n) is 2.58. The lowest BCUT2D eigenvalue weighted by Crippen LogP contribution is -2.53. The first kappa shape index (κ1) is 15.6. The Morgan fingerprint density at radius 1 is 1.67 bits per heavy atom. The van der Waals surface area contributed by atoms with E-state index < -0.39 is 0 Å². The van der Waals surface area contributed by atoms with Crippen LogP contribution in [0.3, 0.4) is 0 Å². The number of nitrogens with one attached hydrogen (secondary N) is 1. The fourth-order valence-corrected chi connectivity index (χ4v) is 3.52. The van der Waals surface area contributed by atoms with Crippen molar-refractivity contribution < 1.29 is 9.59 Å². The normalized spacial score (nSPS) is 22.0. The number of likely N-dealkylation sites (N-methyl/N-ethyl adjacent to an activating group) is 2. The topological polar surface area (TPSA) is 52.7 Å². The van der Waals surface area contributed by atoms with Crippen LogP contribution in [0.5, 0.6) is 0 Å².